The summed E-state index contributed by atoms with van der Waals surface area (Å²) in [5.74, 6) is -1.60. The molecule has 0 radical (unpaired) electrons. The molecule has 4 aromatic rings. The molecule has 0 aliphatic rings. The molecule has 33 heavy (non-hydrogen) atoms. The molecule has 9 nitrogen and oxygen atoms in total. The van der Waals surface area contributed by atoms with Crippen molar-refractivity contribution in [3.05, 3.63) is 60.3 Å². The number of halogens is 1. The smallest absolute Gasteiger partial charge is 0.255 e. The van der Waals surface area contributed by atoms with Crippen LogP contribution in [0.5, 0.6) is 11.5 Å². The molecule has 0 saturated heterocycles. The van der Waals surface area contributed by atoms with Crippen LogP contribution >= 0.6 is 0 Å². The lowest BCUT2D eigenvalue weighted by atomic mass is 10.0. The number of hydrogen-bond donors (Lipinski definition) is 4. The first kappa shape index (κ1) is 22.0. The Labute approximate surface area is 188 Å². The van der Waals surface area contributed by atoms with Gasteiger partial charge in [-0.1, -0.05) is 12.1 Å². The summed E-state index contributed by atoms with van der Waals surface area (Å²) >= 11 is 0. The summed E-state index contributed by atoms with van der Waals surface area (Å²) in [6, 6.07) is 8.44. The number of nitrogens with one attached hydrogen (secondary N) is 1. The number of rotatable bonds is 8. The van der Waals surface area contributed by atoms with Crippen molar-refractivity contribution in [1.82, 2.24) is 24.8 Å². The van der Waals surface area contributed by atoms with E-state index in [1.54, 1.807) is 12.5 Å². The molecule has 10 heteroatoms. The summed E-state index contributed by atoms with van der Waals surface area (Å²) in [5.41, 5.74) is 8.07. The van der Waals surface area contributed by atoms with Crippen molar-refractivity contribution >= 4 is 23.0 Å². The first-order valence-corrected chi connectivity index (χ1v) is 10.5. The number of carbonyl (C=O) groups is 1. The summed E-state index contributed by atoms with van der Waals surface area (Å²) in [6.45, 7) is 1.11. The predicted molar refractivity (Wildman–Crippen MR) is 121 cm³/mol. The zero-order valence-electron chi connectivity index (χ0n) is 17.7. The number of nitrogens with two attached hydrogens (primary N) is 1. The molecule has 0 fully saturated rings. The number of nitrogens with zero attached hydrogens (tertiary/aromatic N) is 4. The second kappa shape index (κ2) is 9.51. The molecule has 0 bridgehead atoms. The number of aromatic hydroxyl groups is 2. The Morgan fingerprint density at radius 2 is 1.85 bits per heavy atom. The number of hydrogen-bond acceptors (Lipinski definition) is 7. The van der Waals surface area contributed by atoms with Crippen LogP contribution in [-0.2, 0) is 6.54 Å². The van der Waals surface area contributed by atoms with E-state index in [9.17, 15) is 19.4 Å². The fraction of sp³-hybridized carbons (Fsp3) is 0.217. The van der Waals surface area contributed by atoms with Gasteiger partial charge in [0.1, 0.15) is 11.3 Å². The molecule has 1 amide bonds. The highest BCUT2D eigenvalue weighted by Gasteiger charge is 2.17. The van der Waals surface area contributed by atoms with Crippen LogP contribution in [0.15, 0.2) is 48.9 Å². The minimum absolute atomic E-state index is 0.0449. The number of phenols is 2. The van der Waals surface area contributed by atoms with Crippen LogP contribution in [0.1, 0.15) is 29.6 Å². The topological polar surface area (TPSA) is 139 Å². The lowest BCUT2D eigenvalue weighted by Gasteiger charge is -2.11. The first-order chi connectivity index (χ1) is 15.9. The van der Waals surface area contributed by atoms with Crippen LogP contribution in [0.4, 0.5) is 10.3 Å². The zero-order valence-corrected chi connectivity index (χ0v) is 17.7. The standard InChI is InChI=1S/C23H23FN6O3/c24-16-6-4-14(5-7-16)15-10-17(20(32)19(31)11-15)22(33)26-8-2-1-3-9-30-13-28-18-12-27-23(25)29-21(18)30/h4-7,10-13,31-32H,1-3,8-9H2,(H,26,33)(H2,25,27,29). The maximum atomic E-state index is 13.2. The Morgan fingerprint density at radius 1 is 1.06 bits per heavy atom. The number of aryl methyl sites for hydroxylation is 1. The molecule has 0 spiro atoms. The van der Waals surface area contributed by atoms with Gasteiger partial charge in [0, 0.05) is 13.1 Å². The third kappa shape index (κ3) is 5.00. The van der Waals surface area contributed by atoms with E-state index in [1.807, 2.05) is 4.57 Å². The van der Waals surface area contributed by atoms with Crippen molar-refractivity contribution in [3.8, 4) is 22.6 Å². The highest BCUT2D eigenvalue weighted by molar-refractivity contribution is 5.99. The number of carbonyl (C=O) groups excluding carboxylic acids is 1. The number of aromatic nitrogens is 4. The summed E-state index contributed by atoms with van der Waals surface area (Å²) in [5, 5.41) is 22.9. The maximum Gasteiger partial charge on any atom is 0.255 e. The highest BCUT2D eigenvalue weighted by atomic mass is 19.1. The van der Waals surface area contributed by atoms with Gasteiger partial charge in [-0.15, -0.1) is 0 Å². The number of amides is 1. The van der Waals surface area contributed by atoms with E-state index in [1.165, 1.54) is 36.4 Å². The van der Waals surface area contributed by atoms with Crippen LogP contribution in [0, 0.1) is 5.82 Å². The largest absolute Gasteiger partial charge is 0.504 e. The minimum atomic E-state index is -0.500. The van der Waals surface area contributed by atoms with Crippen molar-refractivity contribution in [2.24, 2.45) is 0 Å². The van der Waals surface area contributed by atoms with Crippen molar-refractivity contribution in [2.75, 3.05) is 12.3 Å². The third-order valence-corrected chi connectivity index (χ3v) is 5.25. The molecular formula is C23H23FN6O3. The van der Waals surface area contributed by atoms with E-state index >= 15 is 0 Å². The molecule has 0 aliphatic heterocycles. The van der Waals surface area contributed by atoms with Gasteiger partial charge in [0.25, 0.3) is 5.91 Å². The van der Waals surface area contributed by atoms with Gasteiger partial charge >= 0.3 is 0 Å². The SMILES string of the molecule is Nc1ncc2ncn(CCCCCNC(=O)c3cc(-c4ccc(F)cc4)cc(O)c3O)c2n1. The van der Waals surface area contributed by atoms with Crippen molar-refractivity contribution in [3.63, 3.8) is 0 Å². The number of phenolic OH excluding ortho intramolecular Hbond substituents is 2. The Bertz CT molecular complexity index is 1290. The molecule has 0 unspecified atom stereocenters. The lowest BCUT2D eigenvalue weighted by Crippen LogP contribution is -2.24. The van der Waals surface area contributed by atoms with Crippen LogP contribution in [0.25, 0.3) is 22.3 Å². The average Bonchev–Trinajstić information content (AvgIpc) is 3.20. The average molecular weight is 450 g/mol. The Morgan fingerprint density at radius 3 is 2.64 bits per heavy atom. The molecule has 2 aromatic heterocycles. The number of benzene rings is 2. The molecule has 5 N–H and O–H groups in total. The lowest BCUT2D eigenvalue weighted by molar-refractivity contribution is 0.0949. The summed E-state index contributed by atoms with van der Waals surface area (Å²) < 4.78 is 15.1. The van der Waals surface area contributed by atoms with E-state index in [0.29, 0.717) is 35.4 Å². The zero-order chi connectivity index (χ0) is 23.4. The number of unbranched alkanes of at least 4 members (excludes halogenated alkanes) is 2. The van der Waals surface area contributed by atoms with E-state index in [-0.39, 0.29) is 11.5 Å². The van der Waals surface area contributed by atoms with Gasteiger partial charge in [-0.3, -0.25) is 4.79 Å². The molecular weight excluding hydrogens is 427 g/mol. The molecule has 0 atom stereocenters. The number of anilines is 1. The van der Waals surface area contributed by atoms with E-state index in [0.717, 1.165) is 19.3 Å². The predicted octanol–water partition coefficient (Wildman–Crippen LogP) is 3.23. The van der Waals surface area contributed by atoms with Crippen LogP contribution in [-0.4, -0.2) is 42.2 Å². The quantitative estimate of drug-likeness (QED) is 0.239. The maximum absolute atomic E-state index is 13.2. The van der Waals surface area contributed by atoms with Gasteiger partial charge in [-0.25, -0.2) is 14.4 Å². The van der Waals surface area contributed by atoms with Crippen LogP contribution < -0.4 is 11.1 Å². The van der Waals surface area contributed by atoms with Gasteiger partial charge < -0.3 is 25.8 Å². The first-order valence-electron chi connectivity index (χ1n) is 10.5. The van der Waals surface area contributed by atoms with E-state index in [4.69, 9.17) is 5.73 Å². The van der Waals surface area contributed by atoms with Crippen LogP contribution in [0.2, 0.25) is 0 Å². The summed E-state index contributed by atoms with van der Waals surface area (Å²) in [4.78, 5) is 24.9. The highest BCUT2D eigenvalue weighted by Crippen LogP contribution is 2.34. The Kier molecular flexibility index (Phi) is 6.34. The second-order valence-electron chi connectivity index (χ2n) is 7.59. The molecule has 2 aromatic carbocycles. The van der Waals surface area contributed by atoms with Crippen molar-refractivity contribution < 1.29 is 19.4 Å². The van der Waals surface area contributed by atoms with Gasteiger partial charge in [0.15, 0.2) is 17.1 Å². The number of fused-ring (bicyclic) bond motifs is 1. The minimum Gasteiger partial charge on any atom is -0.504 e. The molecule has 170 valence electrons. The molecule has 4 rings (SSSR count). The number of imidazole rings is 1. The van der Waals surface area contributed by atoms with Crippen LogP contribution in [0.3, 0.4) is 0 Å². The van der Waals surface area contributed by atoms with Gasteiger partial charge in [-0.2, -0.15) is 4.98 Å². The normalized spacial score (nSPS) is 11.1. The van der Waals surface area contributed by atoms with Gasteiger partial charge in [0.05, 0.1) is 18.1 Å². The monoisotopic (exact) mass is 450 g/mol. The molecule has 0 saturated carbocycles. The van der Waals surface area contributed by atoms with E-state index in [2.05, 4.69) is 20.3 Å². The van der Waals surface area contributed by atoms with Crippen molar-refractivity contribution in [1.29, 1.82) is 0 Å². The Hall–Kier alpha value is -4.21. The van der Waals surface area contributed by atoms with Gasteiger partial charge in [0.2, 0.25) is 5.95 Å². The molecule has 2 heterocycles. The Balaban J connectivity index is 1.30. The second-order valence-corrected chi connectivity index (χ2v) is 7.59. The van der Waals surface area contributed by atoms with Gasteiger partial charge in [-0.05, 0) is 54.7 Å². The van der Waals surface area contributed by atoms with E-state index < -0.39 is 23.2 Å². The summed E-state index contributed by atoms with van der Waals surface area (Å²) in [6.07, 6.45) is 5.69. The fourth-order valence-electron chi connectivity index (χ4n) is 3.51. The third-order valence-electron chi connectivity index (χ3n) is 5.25. The number of nitrogen functional groups attached to an aromatic ring is 1. The fourth-order valence-corrected chi connectivity index (χ4v) is 3.51. The summed E-state index contributed by atoms with van der Waals surface area (Å²) in [7, 11) is 0. The van der Waals surface area contributed by atoms with Crippen molar-refractivity contribution in [2.45, 2.75) is 25.8 Å². The molecule has 0 aliphatic carbocycles.